The molecule has 0 fully saturated rings. The van der Waals surface area contributed by atoms with Gasteiger partial charge in [0.05, 0.1) is 6.61 Å². The number of ether oxygens (including phenoxy) is 2. The first kappa shape index (κ1) is 13.5. The molecular formula is C12H16BrFO2. The highest BCUT2D eigenvalue weighted by Crippen LogP contribution is 2.21. The van der Waals surface area contributed by atoms with E-state index < -0.39 is 0 Å². The normalized spacial score (nSPS) is 10.4. The lowest BCUT2D eigenvalue weighted by Gasteiger charge is -2.08. The lowest BCUT2D eigenvalue weighted by atomic mass is 10.3. The quantitative estimate of drug-likeness (QED) is 0.712. The molecule has 0 unspecified atom stereocenters. The van der Waals surface area contributed by atoms with E-state index >= 15 is 0 Å². The third kappa shape index (κ3) is 4.94. The molecule has 0 aliphatic rings. The summed E-state index contributed by atoms with van der Waals surface area (Å²) in [5.74, 6) is -0.0924. The fourth-order valence-corrected chi connectivity index (χ4v) is 1.49. The van der Waals surface area contributed by atoms with Gasteiger partial charge in [0.1, 0.15) is 6.61 Å². The predicted molar refractivity (Wildman–Crippen MR) is 65.3 cm³/mol. The average molecular weight is 291 g/mol. The molecule has 0 aliphatic carbocycles. The van der Waals surface area contributed by atoms with Gasteiger partial charge in [-0.1, -0.05) is 29.3 Å². The Hall–Kier alpha value is -0.610. The van der Waals surface area contributed by atoms with Gasteiger partial charge in [0.2, 0.25) is 0 Å². The molecule has 0 amide bonds. The van der Waals surface area contributed by atoms with Crippen molar-refractivity contribution in [1.82, 2.24) is 0 Å². The fourth-order valence-electron chi connectivity index (χ4n) is 1.15. The Morgan fingerprint density at radius 3 is 2.81 bits per heavy atom. The molecule has 0 aliphatic heterocycles. The SMILES string of the molecule is CCCCOCCOc1cc(Br)ccc1F. The minimum Gasteiger partial charge on any atom is -0.488 e. The largest absolute Gasteiger partial charge is 0.488 e. The number of benzene rings is 1. The number of halogens is 2. The molecule has 0 atom stereocenters. The zero-order valence-electron chi connectivity index (χ0n) is 9.34. The van der Waals surface area contributed by atoms with Gasteiger partial charge in [-0.05, 0) is 24.6 Å². The van der Waals surface area contributed by atoms with Gasteiger partial charge in [-0.3, -0.25) is 0 Å². The van der Waals surface area contributed by atoms with Gasteiger partial charge in [0, 0.05) is 11.1 Å². The van der Waals surface area contributed by atoms with Crippen LogP contribution in [0.4, 0.5) is 4.39 Å². The molecule has 1 aromatic carbocycles. The van der Waals surface area contributed by atoms with Crippen molar-refractivity contribution in [3.63, 3.8) is 0 Å². The number of hydrogen-bond acceptors (Lipinski definition) is 2. The van der Waals surface area contributed by atoms with Crippen LogP contribution in [-0.4, -0.2) is 19.8 Å². The molecule has 0 radical (unpaired) electrons. The highest BCUT2D eigenvalue weighted by Gasteiger charge is 2.03. The van der Waals surface area contributed by atoms with E-state index in [1.165, 1.54) is 6.07 Å². The Morgan fingerprint density at radius 1 is 1.25 bits per heavy atom. The molecular weight excluding hydrogens is 275 g/mol. The Balaban J connectivity index is 2.23. The Morgan fingerprint density at radius 2 is 2.06 bits per heavy atom. The third-order valence-corrected chi connectivity index (χ3v) is 2.51. The highest BCUT2D eigenvalue weighted by atomic mass is 79.9. The van der Waals surface area contributed by atoms with E-state index in [-0.39, 0.29) is 11.6 Å². The van der Waals surface area contributed by atoms with Gasteiger partial charge < -0.3 is 9.47 Å². The number of hydrogen-bond donors (Lipinski definition) is 0. The van der Waals surface area contributed by atoms with Gasteiger partial charge in [0.15, 0.2) is 11.6 Å². The summed E-state index contributed by atoms with van der Waals surface area (Å²) in [6.45, 7) is 3.71. The summed E-state index contributed by atoms with van der Waals surface area (Å²) < 4.78 is 24.6. The van der Waals surface area contributed by atoms with Crippen molar-refractivity contribution in [1.29, 1.82) is 0 Å². The van der Waals surface area contributed by atoms with Crippen LogP contribution in [-0.2, 0) is 4.74 Å². The second kappa shape index (κ2) is 7.63. The summed E-state index contributed by atoms with van der Waals surface area (Å²) in [5, 5.41) is 0. The van der Waals surface area contributed by atoms with E-state index in [1.807, 2.05) is 0 Å². The summed E-state index contributed by atoms with van der Waals surface area (Å²) >= 11 is 3.26. The maximum Gasteiger partial charge on any atom is 0.165 e. The van der Waals surface area contributed by atoms with E-state index in [1.54, 1.807) is 12.1 Å². The highest BCUT2D eigenvalue weighted by molar-refractivity contribution is 9.10. The first-order valence-electron chi connectivity index (χ1n) is 5.39. The van der Waals surface area contributed by atoms with Crippen LogP contribution in [0.15, 0.2) is 22.7 Å². The molecule has 0 saturated carbocycles. The smallest absolute Gasteiger partial charge is 0.165 e. The lowest BCUT2D eigenvalue weighted by Crippen LogP contribution is -2.08. The molecule has 0 spiro atoms. The molecule has 16 heavy (non-hydrogen) atoms. The van der Waals surface area contributed by atoms with Crippen molar-refractivity contribution in [3.8, 4) is 5.75 Å². The molecule has 90 valence electrons. The molecule has 0 aromatic heterocycles. The van der Waals surface area contributed by atoms with Crippen molar-refractivity contribution in [3.05, 3.63) is 28.5 Å². The molecule has 0 bridgehead atoms. The predicted octanol–water partition coefficient (Wildman–Crippen LogP) is 3.78. The molecule has 4 heteroatoms. The van der Waals surface area contributed by atoms with Crippen LogP contribution in [0.1, 0.15) is 19.8 Å². The molecule has 2 nitrogen and oxygen atoms in total. The van der Waals surface area contributed by atoms with E-state index in [2.05, 4.69) is 22.9 Å². The standard InChI is InChI=1S/C12H16BrFO2/c1-2-3-6-15-7-8-16-12-9-10(13)4-5-11(12)14/h4-5,9H,2-3,6-8H2,1H3. The Kier molecular flexibility index (Phi) is 6.42. The van der Waals surface area contributed by atoms with Crippen LogP contribution >= 0.6 is 15.9 Å². The Bertz CT molecular complexity index is 318. The summed E-state index contributed by atoms with van der Waals surface area (Å²) in [6, 6.07) is 4.62. The van der Waals surface area contributed by atoms with E-state index in [9.17, 15) is 4.39 Å². The minimum absolute atomic E-state index is 0.258. The van der Waals surface area contributed by atoms with Gasteiger partial charge in [0.25, 0.3) is 0 Å². The van der Waals surface area contributed by atoms with Crippen molar-refractivity contribution in [2.45, 2.75) is 19.8 Å². The summed E-state index contributed by atoms with van der Waals surface area (Å²) in [7, 11) is 0. The van der Waals surface area contributed by atoms with Gasteiger partial charge in [-0.15, -0.1) is 0 Å². The van der Waals surface area contributed by atoms with Gasteiger partial charge >= 0.3 is 0 Å². The zero-order valence-corrected chi connectivity index (χ0v) is 10.9. The lowest BCUT2D eigenvalue weighted by molar-refractivity contribution is 0.0966. The Labute approximate surface area is 104 Å². The van der Waals surface area contributed by atoms with Crippen molar-refractivity contribution in [2.24, 2.45) is 0 Å². The van der Waals surface area contributed by atoms with Crippen LogP contribution < -0.4 is 4.74 Å². The van der Waals surface area contributed by atoms with Gasteiger partial charge in [-0.25, -0.2) is 4.39 Å². The maximum absolute atomic E-state index is 13.2. The summed E-state index contributed by atoms with van der Waals surface area (Å²) in [6.07, 6.45) is 2.16. The fraction of sp³-hybridized carbons (Fsp3) is 0.500. The van der Waals surface area contributed by atoms with Crippen LogP contribution in [0.2, 0.25) is 0 Å². The zero-order chi connectivity index (χ0) is 11.8. The second-order valence-corrected chi connectivity index (χ2v) is 4.30. The summed E-state index contributed by atoms with van der Waals surface area (Å²) in [5.41, 5.74) is 0. The first-order valence-corrected chi connectivity index (χ1v) is 6.19. The number of unbranched alkanes of at least 4 members (excludes halogenated alkanes) is 1. The van der Waals surface area contributed by atoms with Crippen molar-refractivity contribution < 1.29 is 13.9 Å². The molecule has 0 saturated heterocycles. The average Bonchev–Trinajstić information content (AvgIpc) is 2.28. The first-order chi connectivity index (χ1) is 7.74. The number of rotatable bonds is 7. The minimum atomic E-state index is -0.350. The second-order valence-electron chi connectivity index (χ2n) is 3.39. The van der Waals surface area contributed by atoms with Crippen LogP contribution in [0, 0.1) is 5.82 Å². The monoisotopic (exact) mass is 290 g/mol. The topological polar surface area (TPSA) is 18.5 Å². The third-order valence-electron chi connectivity index (χ3n) is 2.02. The van der Waals surface area contributed by atoms with Crippen LogP contribution in [0.5, 0.6) is 5.75 Å². The van der Waals surface area contributed by atoms with E-state index in [4.69, 9.17) is 9.47 Å². The van der Waals surface area contributed by atoms with Crippen LogP contribution in [0.3, 0.4) is 0 Å². The van der Waals surface area contributed by atoms with Crippen molar-refractivity contribution >= 4 is 15.9 Å². The van der Waals surface area contributed by atoms with Crippen molar-refractivity contribution in [2.75, 3.05) is 19.8 Å². The molecule has 1 rings (SSSR count). The van der Waals surface area contributed by atoms with Gasteiger partial charge in [-0.2, -0.15) is 0 Å². The summed E-state index contributed by atoms with van der Waals surface area (Å²) in [4.78, 5) is 0. The van der Waals surface area contributed by atoms with Crippen LogP contribution in [0.25, 0.3) is 0 Å². The molecule has 0 heterocycles. The van der Waals surface area contributed by atoms with E-state index in [0.29, 0.717) is 13.2 Å². The molecule has 0 N–H and O–H groups in total. The van der Waals surface area contributed by atoms with E-state index in [0.717, 1.165) is 23.9 Å². The maximum atomic E-state index is 13.2. The molecule has 1 aromatic rings.